The van der Waals surface area contributed by atoms with Crippen LogP contribution in [0.4, 0.5) is 10.5 Å². The number of anilines is 1. The summed E-state index contributed by atoms with van der Waals surface area (Å²) in [6, 6.07) is 6.80. The highest BCUT2D eigenvalue weighted by atomic mass is 16.6. The first-order valence-corrected chi connectivity index (χ1v) is 7.17. The number of hydrogen-bond donors (Lipinski definition) is 3. The molecule has 0 aliphatic rings. The van der Waals surface area contributed by atoms with E-state index in [9.17, 15) is 14.7 Å². The van der Waals surface area contributed by atoms with Crippen LogP contribution in [0.15, 0.2) is 24.3 Å². The van der Waals surface area contributed by atoms with Crippen LogP contribution < -0.4 is 11.1 Å². The SMILES string of the molecule is CCC(CC(=O)O)(NC(=O)OC(C)(C)C)c1ccc(N)cc1. The maximum Gasteiger partial charge on any atom is 0.408 e. The summed E-state index contributed by atoms with van der Waals surface area (Å²) < 4.78 is 5.25. The van der Waals surface area contributed by atoms with E-state index in [2.05, 4.69) is 5.32 Å². The Hall–Kier alpha value is -2.24. The molecule has 0 aliphatic carbocycles. The van der Waals surface area contributed by atoms with Gasteiger partial charge in [0, 0.05) is 5.69 Å². The van der Waals surface area contributed by atoms with Crippen molar-refractivity contribution >= 4 is 17.7 Å². The van der Waals surface area contributed by atoms with Gasteiger partial charge in [-0.05, 0) is 44.9 Å². The molecule has 0 bridgehead atoms. The normalized spacial score (nSPS) is 14.0. The van der Waals surface area contributed by atoms with Crippen molar-refractivity contribution in [2.45, 2.75) is 51.7 Å². The zero-order valence-electron chi connectivity index (χ0n) is 13.5. The molecule has 1 rings (SSSR count). The summed E-state index contributed by atoms with van der Waals surface area (Å²) in [5.74, 6) is -1.00. The Kier molecular flexibility index (Phi) is 5.41. The lowest BCUT2D eigenvalue weighted by atomic mass is 9.84. The summed E-state index contributed by atoms with van der Waals surface area (Å²) in [6.45, 7) is 7.07. The lowest BCUT2D eigenvalue weighted by Gasteiger charge is -2.34. The molecule has 1 amide bonds. The number of hydrogen-bond acceptors (Lipinski definition) is 4. The second kappa shape index (κ2) is 6.68. The molecular weight excluding hydrogens is 284 g/mol. The van der Waals surface area contributed by atoms with Crippen molar-refractivity contribution in [3.05, 3.63) is 29.8 Å². The molecule has 6 heteroatoms. The Bertz CT molecular complexity index is 534. The molecule has 1 unspecified atom stereocenters. The van der Waals surface area contributed by atoms with E-state index < -0.39 is 23.2 Å². The van der Waals surface area contributed by atoms with Gasteiger partial charge >= 0.3 is 12.1 Å². The molecule has 0 aliphatic heterocycles. The fraction of sp³-hybridized carbons (Fsp3) is 0.500. The Labute approximate surface area is 130 Å². The Morgan fingerprint density at radius 3 is 2.18 bits per heavy atom. The average molecular weight is 308 g/mol. The van der Waals surface area contributed by atoms with E-state index in [0.717, 1.165) is 0 Å². The van der Waals surface area contributed by atoms with Crippen LogP contribution in [0.25, 0.3) is 0 Å². The molecule has 0 saturated heterocycles. The van der Waals surface area contributed by atoms with E-state index in [1.165, 1.54) is 0 Å². The first kappa shape index (κ1) is 17.8. The number of nitrogens with two attached hydrogens (primary N) is 1. The van der Waals surface area contributed by atoms with Gasteiger partial charge in [0.05, 0.1) is 12.0 Å². The van der Waals surface area contributed by atoms with E-state index in [1.54, 1.807) is 45.0 Å². The van der Waals surface area contributed by atoms with Crippen LogP contribution in [0, 0.1) is 0 Å². The molecule has 0 radical (unpaired) electrons. The quantitative estimate of drug-likeness (QED) is 0.726. The maximum atomic E-state index is 12.1. The van der Waals surface area contributed by atoms with Gasteiger partial charge in [-0.2, -0.15) is 0 Å². The van der Waals surface area contributed by atoms with Gasteiger partial charge < -0.3 is 20.9 Å². The second-order valence-corrected chi connectivity index (χ2v) is 6.26. The predicted molar refractivity (Wildman–Crippen MR) is 84.4 cm³/mol. The topological polar surface area (TPSA) is 102 Å². The van der Waals surface area contributed by atoms with Crippen molar-refractivity contribution in [1.29, 1.82) is 0 Å². The fourth-order valence-corrected chi connectivity index (χ4v) is 2.20. The van der Waals surface area contributed by atoms with Gasteiger partial charge in [0.15, 0.2) is 0 Å². The zero-order valence-corrected chi connectivity index (χ0v) is 13.5. The van der Waals surface area contributed by atoms with Gasteiger partial charge in [-0.25, -0.2) is 4.79 Å². The van der Waals surface area contributed by atoms with Crippen LogP contribution in [0.2, 0.25) is 0 Å². The number of rotatable bonds is 5. The number of nitrogens with one attached hydrogen (secondary N) is 1. The molecule has 122 valence electrons. The molecule has 0 fully saturated rings. The van der Waals surface area contributed by atoms with Gasteiger partial charge in [-0.1, -0.05) is 19.1 Å². The third-order valence-electron chi connectivity index (χ3n) is 3.26. The lowest BCUT2D eigenvalue weighted by Crippen LogP contribution is -2.48. The first-order valence-electron chi connectivity index (χ1n) is 7.17. The summed E-state index contributed by atoms with van der Waals surface area (Å²) in [5.41, 5.74) is 5.22. The number of amides is 1. The van der Waals surface area contributed by atoms with Crippen molar-refractivity contribution in [2.24, 2.45) is 0 Å². The third kappa shape index (κ3) is 4.95. The summed E-state index contributed by atoms with van der Waals surface area (Å²) >= 11 is 0. The first-order chi connectivity index (χ1) is 10.1. The van der Waals surface area contributed by atoms with E-state index >= 15 is 0 Å². The molecule has 1 aromatic carbocycles. The molecular formula is C16H24N2O4. The fourth-order valence-electron chi connectivity index (χ4n) is 2.20. The van der Waals surface area contributed by atoms with Gasteiger partial charge in [-0.15, -0.1) is 0 Å². The molecule has 4 N–H and O–H groups in total. The standard InChI is InChI=1S/C16H24N2O4/c1-5-16(10-13(19)20,11-6-8-12(17)9-7-11)18-14(21)22-15(2,3)4/h6-9H,5,10,17H2,1-4H3,(H,18,21)(H,19,20). The molecule has 0 saturated carbocycles. The molecule has 0 spiro atoms. The largest absolute Gasteiger partial charge is 0.481 e. The maximum absolute atomic E-state index is 12.1. The van der Waals surface area contributed by atoms with Crippen molar-refractivity contribution in [2.75, 3.05) is 5.73 Å². The predicted octanol–water partition coefficient (Wildman–Crippen LogP) is 2.87. The van der Waals surface area contributed by atoms with Gasteiger partial charge in [-0.3, -0.25) is 4.79 Å². The van der Waals surface area contributed by atoms with E-state index in [-0.39, 0.29) is 6.42 Å². The van der Waals surface area contributed by atoms with Crippen molar-refractivity contribution in [1.82, 2.24) is 5.32 Å². The zero-order chi connectivity index (χ0) is 17.0. The number of carboxylic acid groups (broad SMARTS) is 1. The van der Waals surface area contributed by atoms with E-state index in [0.29, 0.717) is 17.7 Å². The van der Waals surface area contributed by atoms with Crippen molar-refractivity contribution < 1.29 is 19.4 Å². The van der Waals surface area contributed by atoms with Crippen LogP contribution in [-0.4, -0.2) is 22.8 Å². The van der Waals surface area contributed by atoms with Crippen LogP contribution in [-0.2, 0) is 15.1 Å². The molecule has 0 heterocycles. The molecule has 6 nitrogen and oxygen atoms in total. The highest BCUT2D eigenvalue weighted by Crippen LogP contribution is 2.30. The number of aliphatic carboxylic acids is 1. The van der Waals surface area contributed by atoms with E-state index in [1.807, 2.05) is 6.92 Å². The minimum Gasteiger partial charge on any atom is -0.481 e. The number of carbonyl (C=O) groups excluding carboxylic acids is 1. The summed E-state index contributed by atoms with van der Waals surface area (Å²) in [6.07, 6.45) is -0.484. The molecule has 22 heavy (non-hydrogen) atoms. The van der Waals surface area contributed by atoms with Crippen molar-refractivity contribution in [3.8, 4) is 0 Å². The van der Waals surface area contributed by atoms with Crippen LogP contribution >= 0.6 is 0 Å². The number of benzene rings is 1. The van der Waals surface area contributed by atoms with Crippen LogP contribution in [0.3, 0.4) is 0 Å². The molecule has 1 aromatic rings. The number of ether oxygens (including phenoxy) is 1. The van der Waals surface area contributed by atoms with Crippen molar-refractivity contribution in [3.63, 3.8) is 0 Å². The molecule has 1 atom stereocenters. The summed E-state index contributed by atoms with van der Waals surface area (Å²) in [7, 11) is 0. The lowest BCUT2D eigenvalue weighted by molar-refractivity contribution is -0.138. The molecule has 0 aromatic heterocycles. The van der Waals surface area contributed by atoms with Crippen LogP contribution in [0.5, 0.6) is 0 Å². The smallest absolute Gasteiger partial charge is 0.408 e. The Morgan fingerprint density at radius 2 is 1.77 bits per heavy atom. The van der Waals surface area contributed by atoms with Crippen LogP contribution in [0.1, 0.15) is 46.1 Å². The Morgan fingerprint density at radius 1 is 1.23 bits per heavy atom. The number of carboxylic acids is 1. The van der Waals surface area contributed by atoms with Gasteiger partial charge in [0.2, 0.25) is 0 Å². The summed E-state index contributed by atoms with van der Waals surface area (Å²) in [5, 5.41) is 11.9. The van der Waals surface area contributed by atoms with E-state index in [4.69, 9.17) is 10.5 Å². The van der Waals surface area contributed by atoms with Gasteiger partial charge in [0.1, 0.15) is 5.60 Å². The van der Waals surface area contributed by atoms with Gasteiger partial charge in [0.25, 0.3) is 0 Å². The number of nitrogen functional groups attached to an aromatic ring is 1. The highest BCUT2D eigenvalue weighted by Gasteiger charge is 2.36. The monoisotopic (exact) mass is 308 g/mol. The average Bonchev–Trinajstić information content (AvgIpc) is 2.35. The number of alkyl carbamates (subject to hydrolysis) is 1. The third-order valence-corrected chi connectivity index (χ3v) is 3.26. The Balaban J connectivity index is 3.13. The second-order valence-electron chi connectivity index (χ2n) is 6.26. The number of carbonyl (C=O) groups is 2. The summed E-state index contributed by atoms with van der Waals surface area (Å²) in [4.78, 5) is 23.4. The minimum absolute atomic E-state index is 0.243. The minimum atomic E-state index is -1.04. The highest BCUT2D eigenvalue weighted by molar-refractivity contribution is 5.73.